The molecule has 0 amide bonds. The van der Waals surface area contributed by atoms with Gasteiger partial charge in [-0.15, -0.1) is 0 Å². The van der Waals surface area contributed by atoms with E-state index in [1.165, 1.54) is 0 Å². The number of ether oxygens (including phenoxy) is 1. The molecule has 0 spiro atoms. The van der Waals surface area contributed by atoms with Crippen molar-refractivity contribution in [1.29, 1.82) is 0 Å². The van der Waals surface area contributed by atoms with Crippen LogP contribution in [0.3, 0.4) is 0 Å². The van der Waals surface area contributed by atoms with Crippen molar-refractivity contribution >= 4 is 12.2 Å². The third-order valence-electron chi connectivity index (χ3n) is 3.52. The Morgan fingerprint density at radius 3 is 2.67 bits per heavy atom. The molecular formula is C16H19N2O3+. The first-order chi connectivity index (χ1) is 9.93. The van der Waals surface area contributed by atoms with Crippen LogP contribution in [0, 0.1) is 6.92 Å². The number of aromatic nitrogens is 2. The minimum atomic E-state index is -0.0930. The van der Waals surface area contributed by atoms with E-state index in [0.29, 0.717) is 11.3 Å². The van der Waals surface area contributed by atoms with Gasteiger partial charge in [0.15, 0.2) is 0 Å². The highest BCUT2D eigenvalue weighted by molar-refractivity contribution is 5.71. The van der Waals surface area contributed by atoms with Crippen LogP contribution in [0.25, 0.3) is 12.2 Å². The number of hydrogen-bond donors (Lipinski definition) is 1. The van der Waals surface area contributed by atoms with Gasteiger partial charge in [0.2, 0.25) is 0 Å². The summed E-state index contributed by atoms with van der Waals surface area (Å²) in [5, 5.41) is 9.85. The molecule has 0 atom stereocenters. The number of nitrogens with zero attached hydrogens (tertiary/aromatic N) is 2. The summed E-state index contributed by atoms with van der Waals surface area (Å²) in [4.78, 5) is 12.0. The molecule has 2 rings (SSSR count). The highest BCUT2D eigenvalue weighted by Crippen LogP contribution is 2.24. The first kappa shape index (κ1) is 14.8. The van der Waals surface area contributed by atoms with Gasteiger partial charge in [0.1, 0.15) is 22.9 Å². The second-order valence-corrected chi connectivity index (χ2v) is 4.87. The zero-order chi connectivity index (χ0) is 15.6. The molecule has 1 aromatic carbocycles. The number of methoxy groups -OCH3 is 1. The van der Waals surface area contributed by atoms with Gasteiger partial charge in [-0.25, -0.2) is 0 Å². The normalized spacial score (nSPS) is 11.0. The van der Waals surface area contributed by atoms with Crippen LogP contribution < -0.4 is 15.0 Å². The largest absolute Gasteiger partial charge is 0.507 e. The van der Waals surface area contributed by atoms with Crippen molar-refractivity contribution in [2.75, 3.05) is 7.11 Å². The molecular weight excluding hydrogens is 268 g/mol. The molecule has 5 heteroatoms. The summed E-state index contributed by atoms with van der Waals surface area (Å²) in [6.07, 6.45) is 3.55. The van der Waals surface area contributed by atoms with Crippen molar-refractivity contribution in [2.45, 2.75) is 6.92 Å². The lowest BCUT2D eigenvalue weighted by Gasteiger charge is -2.04. The van der Waals surface area contributed by atoms with E-state index < -0.39 is 0 Å². The third-order valence-corrected chi connectivity index (χ3v) is 3.52. The third kappa shape index (κ3) is 2.97. The van der Waals surface area contributed by atoms with E-state index in [4.69, 9.17) is 4.74 Å². The van der Waals surface area contributed by atoms with Gasteiger partial charge in [0.05, 0.1) is 21.2 Å². The summed E-state index contributed by atoms with van der Waals surface area (Å²) in [6, 6.07) is 6.91. The van der Waals surface area contributed by atoms with Gasteiger partial charge in [0, 0.05) is 11.6 Å². The molecule has 2 aromatic rings. The first-order valence-corrected chi connectivity index (χ1v) is 6.56. The summed E-state index contributed by atoms with van der Waals surface area (Å²) in [5.74, 6) is 0.826. The Balaban J connectivity index is 2.45. The Labute approximate surface area is 123 Å². The molecule has 0 bridgehead atoms. The van der Waals surface area contributed by atoms with Crippen LogP contribution in [0.1, 0.15) is 17.0 Å². The maximum Gasteiger partial charge on any atom is 0.498 e. The fourth-order valence-corrected chi connectivity index (χ4v) is 2.02. The molecule has 1 aromatic heterocycles. The first-order valence-electron chi connectivity index (χ1n) is 6.56. The average Bonchev–Trinajstić information content (AvgIpc) is 2.49. The Morgan fingerprint density at radius 1 is 1.29 bits per heavy atom. The number of phenolic OH excluding ortho intramolecular Hbond substituents is 1. The lowest BCUT2D eigenvalue weighted by Crippen LogP contribution is -2.53. The van der Waals surface area contributed by atoms with Crippen molar-refractivity contribution < 1.29 is 14.4 Å². The average molecular weight is 287 g/mol. The molecule has 110 valence electrons. The van der Waals surface area contributed by atoms with E-state index in [2.05, 4.69) is 0 Å². The van der Waals surface area contributed by atoms with E-state index in [1.54, 1.807) is 60.7 Å². The standard InChI is InChI=1S/C16H18N2O3/c1-11-9-13(18(3)16(20)17(11)2)6-5-12-10-14(21-4)7-8-15(12)19/h5-10H,1-4H3/p+1. The Kier molecular flexibility index (Phi) is 4.12. The smallest absolute Gasteiger partial charge is 0.498 e. The molecule has 21 heavy (non-hydrogen) atoms. The second-order valence-electron chi connectivity index (χ2n) is 4.87. The molecule has 0 unspecified atom stereocenters. The molecule has 1 heterocycles. The summed E-state index contributed by atoms with van der Waals surface area (Å²) >= 11 is 0. The van der Waals surface area contributed by atoms with Crippen molar-refractivity contribution in [2.24, 2.45) is 14.1 Å². The predicted octanol–water partition coefficient (Wildman–Crippen LogP) is 1.40. The van der Waals surface area contributed by atoms with Crippen molar-refractivity contribution in [1.82, 2.24) is 4.57 Å². The van der Waals surface area contributed by atoms with Crippen molar-refractivity contribution in [3.63, 3.8) is 0 Å². The SMILES string of the molecule is COc1ccc(O)c(/C=C/c2cc(C)n(C)c(=O)[n+]2C)c1. The number of aromatic hydroxyl groups is 1. The zero-order valence-electron chi connectivity index (χ0n) is 12.6. The summed E-state index contributed by atoms with van der Waals surface area (Å²) in [7, 11) is 5.02. The number of rotatable bonds is 3. The molecule has 1 N–H and O–H groups in total. The maximum atomic E-state index is 12.0. The van der Waals surface area contributed by atoms with Crippen LogP contribution in [0.15, 0.2) is 29.1 Å². The fourth-order valence-electron chi connectivity index (χ4n) is 2.02. The molecule has 5 nitrogen and oxygen atoms in total. The van der Waals surface area contributed by atoms with Crippen LogP contribution in [0.4, 0.5) is 0 Å². The lowest BCUT2D eigenvalue weighted by atomic mass is 10.1. The van der Waals surface area contributed by atoms with Crippen LogP contribution in [0.2, 0.25) is 0 Å². The molecule has 0 saturated heterocycles. The summed E-state index contributed by atoms with van der Waals surface area (Å²) in [5.41, 5.74) is 2.17. The van der Waals surface area contributed by atoms with Crippen LogP contribution in [0.5, 0.6) is 11.5 Å². The highest BCUT2D eigenvalue weighted by Gasteiger charge is 2.11. The fraction of sp³-hybridized carbons (Fsp3) is 0.250. The lowest BCUT2D eigenvalue weighted by molar-refractivity contribution is -0.692. The monoisotopic (exact) mass is 287 g/mol. The Bertz CT molecular complexity index is 761. The molecule has 0 radical (unpaired) electrons. The number of aryl methyl sites for hydroxylation is 1. The van der Waals surface area contributed by atoms with Gasteiger partial charge in [-0.05, 0) is 37.3 Å². The van der Waals surface area contributed by atoms with E-state index in [1.807, 2.05) is 13.0 Å². The summed E-state index contributed by atoms with van der Waals surface area (Å²) in [6.45, 7) is 1.88. The number of phenols is 1. The van der Waals surface area contributed by atoms with E-state index in [0.717, 1.165) is 11.4 Å². The van der Waals surface area contributed by atoms with Gasteiger partial charge < -0.3 is 9.84 Å². The van der Waals surface area contributed by atoms with E-state index >= 15 is 0 Å². The number of hydrogen-bond acceptors (Lipinski definition) is 3. The highest BCUT2D eigenvalue weighted by atomic mass is 16.5. The van der Waals surface area contributed by atoms with Gasteiger partial charge in [-0.2, -0.15) is 13.9 Å². The van der Waals surface area contributed by atoms with Gasteiger partial charge in [0.25, 0.3) is 0 Å². The minimum Gasteiger partial charge on any atom is -0.507 e. The molecule has 0 saturated carbocycles. The van der Waals surface area contributed by atoms with Crippen molar-refractivity contribution in [3.05, 3.63) is 51.7 Å². The van der Waals surface area contributed by atoms with Gasteiger partial charge in [-0.3, -0.25) is 0 Å². The maximum absolute atomic E-state index is 12.0. The molecule has 0 aliphatic rings. The Hall–Kier alpha value is -2.56. The van der Waals surface area contributed by atoms with Crippen LogP contribution in [-0.2, 0) is 14.1 Å². The quantitative estimate of drug-likeness (QED) is 0.868. The van der Waals surface area contributed by atoms with Gasteiger partial charge in [-0.1, -0.05) is 0 Å². The molecule has 0 fully saturated rings. The summed E-state index contributed by atoms with van der Waals surface area (Å²) < 4.78 is 8.28. The van der Waals surface area contributed by atoms with E-state index in [-0.39, 0.29) is 11.4 Å². The zero-order valence-corrected chi connectivity index (χ0v) is 12.6. The van der Waals surface area contributed by atoms with Crippen LogP contribution >= 0.6 is 0 Å². The predicted molar refractivity (Wildman–Crippen MR) is 81.2 cm³/mol. The molecule has 0 aliphatic carbocycles. The van der Waals surface area contributed by atoms with Gasteiger partial charge >= 0.3 is 5.69 Å². The second kappa shape index (κ2) is 5.83. The Morgan fingerprint density at radius 2 is 2.00 bits per heavy atom. The molecule has 0 aliphatic heterocycles. The minimum absolute atomic E-state index is 0.0930. The van der Waals surface area contributed by atoms with E-state index in [9.17, 15) is 9.90 Å². The van der Waals surface area contributed by atoms with Crippen LogP contribution in [-0.4, -0.2) is 16.8 Å². The number of benzene rings is 1. The van der Waals surface area contributed by atoms with Crippen molar-refractivity contribution in [3.8, 4) is 11.5 Å². The topological polar surface area (TPSA) is 55.3 Å².